The molecule has 2 heterocycles. The van der Waals surface area contributed by atoms with Crippen LogP contribution in [0, 0.1) is 0 Å². The first-order chi connectivity index (χ1) is 16.0. The van der Waals surface area contributed by atoms with Gasteiger partial charge in [-0.25, -0.2) is 4.79 Å². The molecule has 0 bridgehead atoms. The fourth-order valence-electron chi connectivity index (χ4n) is 4.59. The number of cyclic esters (lactones) is 1. The van der Waals surface area contributed by atoms with Crippen LogP contribution < -0.4 is 0 Å². The van der Waals surface area contributed by atoms with Crippen LogP contribution in [0.2, 0.25) is 0 Å². The number of carbonyl (C=O) groups excluding carboxylic acids is 1. The zero-order chi connectivity index (χ0) is 23.3. The zero-order valence-electron chi connectivity index (χ0n) is 19.5. The minimum atomic E-state index is -0.851. The molecule has 0 amide bonds. The van der Waals surface area contributed by atoms with Gasteiger partial charge in [-0.3, -0.25) is 4.90 Å². The molecule has 176 valence electrons. The Labute approximate surface area is 200 Å². The van der Waals surface area contributed by atoms with Gasteiger partial charge in [0.05, 0.1) is 19.6 Å². The van der Waals surface area contributed by atoms with Crippen LogP contribution in [0.25, 0.3) is 0 Å². The Morgan fingerprint density at radius 3 is 2.45 bits per heavy atom. The molecule has 4 rings (SSSR count). The van der Waals surface area contributed by atoms with E-state index in [1.165, 1.54) is 11.8 Å². The van der Waals surface area contributed by atoms with Crippen molar-refractivity contribution in [2.45, 2.75) is 49.5 Å². The summed E-state index contributed by atoms with van der Waals surface area (Å²) in [6, 6.07) is 17.9. The summed E-state index contributed by atoms with van der Waals surface area (Å²) in [5.74, 6) is -0.0118. The second kappa shape index (κ2) is 10.8. The van der Waals surface area contributed by atoms with Crippen LogP contribution >= 0.6 is 11.8 Å². The van der Waals surface area contributed by atoms with Crippen molar-refractivity contribution in [1.82, 2.24) is 4.90 Å². The SMILES string of the molecule is CC(C)c1ccccc1SC1=C(O)CC(CCCN2CCOCC2)(c2ccccc2)OC1=O. The first kappa shape index (κ1) is 23.9. The Hall–Kier alpha value is -2.28. The van der Waals surface area contributed by atoms with Gasteiger partial charge < -0.3 is 14.6 Å². The molecule has 1 fully saturated rings. The van der Waals surface area contributed by atoms with E-state index < -0.39 is 11.6 Å². The Morgan fingerprint density at radius 1 is 1.06 bits per heavy atom. The largest absolute Gasteiger partial charge is 0.511 e. The number of benzene rings is 2. The normalized spacial score (nSPS) is 22.0. The topological polar surface area (TPSA) is 59.0 Å². The maximum Gasteiger partial charge on any atom is 0.349 e. The maximum atomic E-state index is 13.3. The van der Waals surface area contributed by atoms with Gasteiger partial charge in [0.2, 0.25) is 0 Å². The molecule has 1 unspecified atom stereocenters. The summed E-state index contributed by atoms with van der Waals surface area (Å²) in [5.41, 5.74) is 1.23. The number of ether oxygens (including phenoxy) is 2. The number of esters is 1. The summed E-state index contributed by atoms with van der Waals surface area (Å²) in [5, 5.41) is 11.1. The second-order valence-electron chi connectivity index (χ2n) is 9.05. The Balaban J connectivity index is 1.56. The third-order valence-electron chi connectivity index (χ3n) is 6.40. The van der Waals surface area contributed by atoms with Crippen LogP contribution in [0.1, 0.15) is 50.2 Å². The lowest BCUT2D eigenvalue weighted by Gasteiger charge is -2.38. The third kappa shape index (κ3) is 5.62. The molecule has 0 saturated carbocycles. The first-order valence-corrected chi connectivity index (χ1v) is 12.6. The summed E-state index contributed by atoms with van der Waals surface area (Å²) in [6.45, 7) is 8.56. The monoisotopic (exact) mass is 467 g/mol. The van der Waals surface area contributed by atoms with Crippen molar-refractivity contribution < 1.29 is 19.4 Å². The molecular formula is C27H33NO4S. The van der Waals surface area contributed by atoms with Crippen molar-refractivity contribution in [3.05, 3.63) is 76.4 Å². The highest BCUT2D eigenvalue weighted by atomic mass is 32.2. The average molecular weight is 468 g/mol. The average Bonchev–Trinajstić information content (AvgIpc) is 2.83. The lowest BCUT2D eigenvalue weighted by atomic mass is 9.83. The summed E-state index contributed by atoms with van der Waals surface area (Å²) in [6.07, 6.45) is 1.82. The van der Waals surface area contributed by atoms with Gasteiger partial charge in [0.15, 0.2) is 0 Å². The zero-order valence-corrected chi connectivity index (χ0v) is 20.3. The molecule has 2 aliphatic heterocycles. The quantitative estimate of drug-likeness (QED) is 0.508. The number of nitrogens with zero attached hydrogens (tertiary/aromatic N) is 1. The lowest BCUT2D eigenvalue weighted by Crippen LogP contribution is -2.40. The maximum absolute atomic E-state index is 13.3. The number of rotatable bonds is 8. The Bertz CT molecular complexity index is 985. The number of aliphatic hydroxyl groups is 1. The van der Waals surface area contributed by atoms with E-state index in [0.29, 0.717) is 17.2 Å². The van der Waals surface area contributed by atoms with Crippen LogP contribution in [-0.2, 0) is 19.9 Å². The Morgan fingerprint density at radius 2 is 1.76 bits per heavy atom. The van der Waals surface area contributed by atoms with Crippen molar-refractivity contribution in [3.63, 3.8) is 0 Å². The summed E-state index contributed by atoms with van der Waals surface area (Å²) in [7, 11) is 0. The summed E-state index contributed by atoms with van der Waals surface area (Å²) < 4.78 is 11.6. The molecule has 1 saturated heterocycles. The lowest BCUT2D eigenvalue weighted by molar-refractivity contribution is -0.160. The van der Waals surface area contributed by atoms with Gasteiger partial charge in [-0.05, 0) is 42.5 Å². The van der Waals surface area contributed by atoms with Crippen molar-refractivity contribution in [2.24, 2.45) is 0 Å². The predicted octanol–water partition coefficient (Wildman–Crippen LogP) is 5.63. The molecule has 1 atom stereocenters. The van der Waals surface area contributed by atoms with Crippen LogP contribution in [0.15, 0.2) is 70.2 Å². The van der Waals surface area contributed by atoms with E-state index >= 15 is 0 Å². The molecule has 0 radical (unpaired) electrons. The van der Waals surface area contributed by atoms with E-state index in [2.05, 4.69) is 24.8 Å². The van der Waals surface area contributed by atoms with Gasteiger partial charge in [-0.2, -0.15) is 0 Å². The van der Waals surface area contributed by atoms with E-state index in [9.17, 15) is 9.90 Å². The smallest absolute Gasteiger partial charge is 0.349 e. The number of morpholine rings is 1. The van der Waals surface area contributed by atoms with E-state index in [4.69, 9.17) is 9.47 Å². The minimum absolute atomic E-state index is 0.116. The van der Waals surface area contributed by atoms with Crippen molar-refractivity contribution in [1.29, 1.82) is 0 Å². The van der Waals surface area contributed by atoms with E-state index in [-0.39, 0.29) is 12.2 Å². The number of aliphatic hydroxyl groups excluding tert-OH is 1. The molecule has 0 aromatic heterocycles. The number of hydrogen-bond donors (Lipinski definition) is 1. The highest BCUT2D eigenvalue weighted by molar-refractivity contribution is 8.04. The van der Waals surface area contributed by atoms with Crippen LogP contribution in [0.4, 0.5) is 0 Å². The second-order valence-corrected chi connectivity index (χ2v) is 10.1. The van der Waals surface area contributed by atoms with Crippen molar-refractivity contribution in [3.8, 4) is 0 Å². The minimum Gasteiger partial charge on any atom is -0.511 e. The number of thioether (sulfide) groups is 1. The van der Waals surface area contributed by atoms with Crippen molar-refractivity contribution >= 4 is 17.7 Å². The standard InChI is InChI=1S/C27H33NO4S/c1-20(2)22-11-6-7-12-24(22)33-25-23(29)19-27(32-26(25)30,21-9-4-3-5-10-21)13-8-14-28-15-17-31-18-16-28/h3-7,9-12,20,29H,8,13-19H2,1-2H3. The van der Waals surface area contributed by atoms with Gasteiger partial charge in [0, 0.05) is 18.0 Å². The summed E-state index contributed by atoms with van der Waals surface area (Å²) in [4.78, 5) is 16.9. The van der Waals surface area contributed by atoms with Crippen LogP contribution in [0.3, 0.4) is 0 Å². The first-order valence-electron chi connectivity index (χ1n) is 11.8. The molecule has 6 heteroatoms. The molecular weight excluding hydrogens is 434 g/mol. The molecule has 1 N–H and O–H groups in total. The predicted molar refractivity (Wildman–Crippen MR) is 131 cm³/mol. The highest BCUT2D eigenvalue weighted by Crippen LogP contribution is 2.45. The highest BCUT2D eigenvalue weighted by Gasteiger charge is 2.43. The van der Waals surface area contributed by atoms with Crippen LogP contribution in [-0.4, -0.2) is 48.8 Å². The van der Waals surface area contributed by atoms with Crippen molar-refractivity contribution in [2.75, 3.05) is 32.8 Å². The Kier molecular flexibility index (Phi) is 7.78. The van der Waals surface area contributed by atoms with Gasteiger partial charge in [0.1, 0.15) is 16.3 Å². The molecule has 5 nitrogen and oxygen atoms in total. The van der Waals surface area contributed by atoms with Gasteiger partial charge >= 0.3 is 5.97 Å². The molecule has 2 aromatic rings. The van der Waals surface area contributed by atoms with E-state index in [1.807, 2.05) is 48.5 Å². The molecule has 0 aliphatic carbocycles. The fourth-order valence-corrected chi connectivity index (χ4v) is 5.69. The van der Waals surface area contributed by atoms with Gasteiger partial charge in [-0.15, -0.1) is 0 Å². The van der Waals surface area contributed by atoms with Crippen LogP contribution in [0.5, 0.6) is 0 Å². The molecule has 2 aromatic carbocycles. The van der Waals surface area contributed by atoms with Gasteiger partial charge in [-0.1, -0.05) is 74.1 Å². The van der Waals surface area contributed by atoms with E-state index in [0.717, 1.165) is 55.3 Å². The fraction of sp³-hybridized carbons (Fsp3) is 0.444. The van der Waals surface area contributed by atoms with Gasteiger partial charge in [0.25, 0.3) is 0 Å². The molecule has 2 aliphatic rings. The number of hydrogen-bond acceptors (Lipinski definition) is 6. The third-order valence-corrected chi connectivity index (χ3v) is 7.60. The molecule has 0 spiro atoms. The van der Waals surface area contributed by atoms with E-state index in [1.54, 1.807) is 0 Å². The summed E-state index contributed by atoms with van der Waals surface area (Å²) >= 11 is 1.31. The molecule has 33 heavy (non-hydrogen) atoms. The number of carbonyl (C=O) groups is 1.